The molecular weight excluding hydrogens is 215 g/mol. The number of nitrogens with two attached hydrogens (primary N) is 1. The second-order valence-corrected chi connectivity index (χ2v) is 2.69. The molecule has 0 saturated carbocycles. The van der Waals surface area contributed by atoms with Crippen molar-refractivity contribution in [2.75, 3.05) is 12.3 Å². The number of nitrogens with one attached hydrogen (secondary N) is 1. The second kappa shape index (κ2) is 4.15. The number of carbonyl (C=O) groups is 1. The third kappa shape index (κ3) is 4.29. The highest BCUT2D eigenvalue weighted by Crippen LogP contribution is 2.11. The van der Waals surface area contributed by atoms with Crippen LogP contribution >= 0.6 is 0 Å². The van der Waals surface area contributed by atoms with Crippen LogP contribution in [-0.4, -0.2) is 33.4 Å². The number of halogens is 3. The Hall–Kier alpha value is -1.80. The maximum atomic E-state index is 11.7. The van der Waals surface area contributed by atoms with Gasteiger partial charge >= 0.3 is 6.18 Å². The van der Waals surface area contributed by atoms with Gasteiger partial charge in [-0.3, -0.25) is 4.79 Å². The lowest BCUT2D eigenvalue weighted by molar-refractivity contribution is -0.138. The van der Waals surface area contributed by atoms with Gasteiger partial charge in [-0.25, -0.2) is 9.67 Å². The molecule has 0 fully saturated rings. The fourth-order valence-electron chi connectivity index (χ4n) is 0.787. The highest BCUT2D eigenvalue weighted by atomic mass is 19.4. The van der Waals surface area contributed by atoms with Crippen molar-refractivity contribution in [1.29, 1.82) is 0 Å². The fraction of sp³-hybridized carbons (Fsp3) is 0.500. The summed E-state index contributed by atoms with van der Waals surface area (Å²) in [5, 5.41) is 5.22. The van der Waals surface area contributed by atoms with Crippen LogP contribution in [-0.2, 0) is 11.3 Å². The largest absolute Gasteiger partial charge is 0.405 e. The van der Waals surface area contributed by atoms with Crippen molar-refractivity contribution in [2.45, 2.75) is 12.7 Å². The molecule has 84 valence electrons. The number of nitrogen functional groups attached to an aromatic ring is 1. The van der Waals surface area contributed by atoms with Crippen molar-refractivity contribution in [3.63, 3.8) is 0 Å². The topological polar surface area (TPSA) is 85.8 Å². The van der Waals surface area contributed by atoms with E-state index in [2.05, 4.69) is 10.1 Å². The lowest BCUT2D eigenvalue weighted by Crippen LogP contribution is -2.35. The third-order valence-corrected chi connectivity index (χ3v) is 1.35. The first kappa shape index (κ1) is 11.3. The van der Waals surface area contributed by atoms with Crippen LogP contribution in [0, 0.1) is 0 Å². The molecule has 0 saturated heterocycles. The van der Waals surface area contributed by atoms with Gasteiger partial charge in [-0.1, -0.05) is 0 Å². The van der Waals surface area contributed by atoms with Gasteiger partial charge in [0.25, 0.3) is 0 Å². The van der Waals surface area contributed by atoms with Crippen LogP contribution < -0.4 is 11.1 Å². The standard InChI is InChI=1S/C6H8F3N5O/c7-6(8,9)2-11-4(15)1-14-3-12-5(10)13-14/h3H,1-2H2,(H2,10,13)(H,11,15). The van der Waals surface area contributed by atoms with E-state index in [1.807, 2.05) is 0 Å². The summed E-state index contributed by atoms with van der Waals surface area (Å²) >= 11 is 0. The smallest absolute Gasteiger partial charge is 0.367 e. The van der Waals surface area contributed by atoms with E-state index in [4.69, 9.17) is 5.73 Å². The first-order valence-electron chi connectivity index (χ1n) is 3.85. The number of aromatic nitrogens is 3. The van der Waals surface area contributed by atoms with Gasteiger partial charge in [0.05, 0.1) is 0 Å². The van der Waals surface area contributed by atoms with E-state index in [1.165, 1.54) is 0 Å². The average molecular weight is 223 g/mol. The molecule has 0 aliphatic rings. The van der Waals surface area contributed by atoms with Gasteiger partial charge in [0, 0.05) is 0 Å². The van der Waals surface area contributed by atoms with Crippen LogP contribution in [0.3, 0.4) is 0 Å². The third-order valence-electron chi connectivity index (χ3n) is 1.35. The van der Waals surface area contributed by atoms with Crippen LogP contribution in [0.5, 0.6) is 0 Å². The Morgan fingerprint density at radius 1 is 1.60 bits per heavy atom. The molecule has 9 heteroatoms. The van der Waals surface area contributed by atoms with E-state index in [1.54, 1.807) is 5.32 Å². The monoisotopic (exact) mass is 223 g/mol. The van der Waals surface area contributed by atoms with Gasteiger partial charge in [0.15, 0.2) is 0 Å². The van der Waals surface area contributed by atoms with Crippen LogP contribution in [0.1, 0.15) is 0 Å². The summed E-state index contributed by atoms with van der Waals surface area (Å²) in [6, 6.07) is 0. The lowest BCUT2D eigenvalue weighted by atomic mass is 10.5. The summed E-state index contributed by atoms with van der Waals surface area (Å²) in [6.07, 6.45) is -3.26. The Balaban J connectivity index is 2.37. The Morgan fingerprint density at radius 2 is 2.27 bits per heavy atom. The molecule has 6 nitrogen and oxygen atoms in total. The number of anilines is 1. The van der Waals surface area contributed by atoms with Crippen LogP contribution in [0.4, 0.5) is 19.1 Å². The van der Waals surface area contributed by atoms with Crippen LogP contribution in [0.15, 0.2) is 6.33 Å². The number of rotatable bonds is 3. The molecule has 0 bridgehead atoms. The Labute approximate surface area is 82.3 Å². The van der Waals surface area contributed by atoms with E-state index in [-0.39, 0.29) is 12.5 Å². The van der Waals surface area contributed by atoms with E-state index < -0.39 is 18.6 Å². The number of hydrogen-bond donors (Lipinski definition) is 2. The zero-order valence-electron chi connectivity index (χ0n) is 7.45. The number of nitrogens with zero attached hydrogens (tertiary/aromatic N) is 3. The predicted molar refractivity (Wildman–Crippen MR) is 43.5 cm³/mol. The Morgan fingerprint density at radius 3 is 2.73 bits per heavy atom. The summed E-state index contributed by atoms with van der Waals surface area (Å²) in [4.78, 5) is 14.4. The van der Waals surface area contributed by atoms with Gasteiger partial charge in [-0.2, -0.15) is 13.2 Å². The molecule has 1 aromatic heterocycles. The molecular formula is C6H8F3N5O. The molecule has 1 amide bonds. The quantitative estimate of drug-likeness (QED) is 0.725. The molecule has 1 heterocycles. The minimum absolute atomic E-state index is 0.0429. The molecule has 0 unspecified atom stereocenters. The second-order valence-electron chi connectivity index (χ2n) is 2.69. The minimum atomic E-state index is -4.42. The van der Waals surface area contributed by atoms with Crippen LogP contribution in [0.25, 0.3) is 0 Å². The highest BCUT2D eigenvalue weighted by molar-refractivity contribution is 5.75. The fourth-order valence-corrected chi connectivity index (χ4v) is 0.787. The van der Waals surface area contributed by atoms with E-state index in [0.717, 1.165) is 11.0 Å². The van der Waals surface area contributed by atoms with Crippen molar-refractivity contribution in [3.05, 3.63) is 6.33 Å². The molecule has 0 aliphatic carbocycles. The molecule has 0 aliphatic heterocycles. The zero-order valence-corrected chi connectivity index (χ0v) is 7.45. The molecule has 1 rings (SSSR count). The van der Waals surface area contributed by atoms with Crippen LogP contribution in [0.2, 0.25) is 0 Å². The van der Waals surface area contributed by atoms with Crippen molar-refractivity contribution in [1.82, 2.24) is 20.1 Å². The minimum Gasteiger partial charge on any atom is -0.367 e. The van der Waals surface area contributed by atoms with Gasteiger partial charge in [-0.05, 0) is 0 Å². The molecule has 3 N–H and O–H groups in total. The van der Waals surface area contributed by atoms with Crippen molar-refractivity contribution >= 4 is 11.9 Å². The normalized spacial score (nSPS) is 11.4. The number of hydrogen-bond acceptors (Lipinski definition) is 4. The molecule has 0 aromatic carbocycles. The highest BCUT2D eigenvalue weighted by Gasteiger charge is 2.27. The van der Waals surface area contributed by atoms with E-state index in [0.29, 0.717) is 0 Å². The summed E-state index contributed by atoms with van der Waals surface area (Å²) in [5.74, 6) is -0.851. The van der Waals surface area contributed by atoms with Crippen molar-refractivity contribution in [3.8, 4) is 0 Å². The average Bonchev–Trinajstić information content (AvgIpc) is 2.47. The molecule has 0 spiro atoms. The number of carbonyl (C=O) groups excluding carboxylic acids is 1. The maximum absolute atomic E-state index is 11.7. The zero-order chi connectivity index (χ0) is 11.5. The van der Waals surface area contributed by atoms with Gasteiger partial charge in [-0.15, -0.1) is 5.10 Å². The first-order chi connectivity index (χ1) is 6.87. The van der Waals surface area contributed by atoms with E-state index >= 15 is 0 Å². The molecule has 0 atom stereocenters. The SMILES string of the molecule is Nc1ncn(CC(=O)NCC(F)(F)F)n1. The predicted octanol–water partition coefficient (Wildman–Crippen LogP) is -0.461. The maximum Gasteiger partial charge on any atom is 0.405 e. The lowest BCUT2D eigenvalue weighted by Gasteiger charge is -2.07. The molecule has 1 aromatic rings. The Kier molecular flexibility index (Phi) is 3.12. The Bertz CT molecular complexity index is 347. The van der Waals surface area contributed by atoms with Crippen molar-refractivity contribution < 1.29 is 18.0 Å². The summed E-state index contributed by atoms with van der Waals surface area (Å²) in [6.45, 7) is -1.71. The summed E-state index contributed by atoms with van der Waals surface area (Å²) < 4.78 is 36.1. The van der Waals surface area contributed by atoms with Crippen molar-refractivity contribution in [2.24, 2.45) is 0 Å². The van der Waals surface area contributed by atoms with Gasteiger partial charge < -0.3 is 11.1 Å². The van der Waals surface area contributed by atoms with Gasteiger partial charge in [0.2, 0.25) is 11.9 Å². The first-order valence-corrected chi connectivity index (χ1v) is 3.85. The molecule has 15 heavy (non-hydrogen) atoms. The van der Waals surface area contributed by atoms with Gasteiger partial charge in [0.1, 0.15) is 19.4 Å². The number of alkyl halides is 3. The molecule has 0 radical (unpaired) electrons. The summed E-state index contributed by atoms with van der Waals surface area (Å²) in [5.41, 5.74) is 5.14. The number of amides is 1. The van der Waals surface area contributed by atoms with E-state index in [9.17, 15) is 18.0 Å². The summed E-state index contributed by atoms with van der Waals surface area (Å²) in [7, 11) is 0.